The third-order valence-corrected chi connectivity index (χ3v) is 2.92. The van der Waals surface area contributed by atoms with Crippen LogP contribution >= 0.6 is 0 Å². The number of hydrogen-bond acceptors (Lipinski definition) is 4. The fourth-order valence-electron chi connectivity index (χ4n) is 1.85. The lowest BCUT2D eigenvalue weighted by Gasteiger charge is -2.20. The minimum atomic E-state index is -2.06. The number of aliphatic carboxylic acids is 1. The van der Waals surface area contributed by atoms with Gasteiger partial charge in [-0.2, -0.15) is 0 Å². The number of nitrogens with zero attached hydrogens (tertiary/aromatic N) is 1. The van der Waals surface area contributed by atoms with Crippen molar-refractivity contribution in [2.24, 2.45) is 0 Å². The first kappa shape index (κ1) is 14.7. The Balaban J connectivity index is 2.66. The Kier molecular flexibility index (Phi) is 4.89. The van der Waals surface area contributed by atoms with Crippen molar-refractivity contribution in [1.29, 1.82) is 0 Å². The summed E-state index contributed by atoms with van der Waals surface area (Å²) in [5, 5.41) is 17.8. The third kappa shape index (κ3) is 3.32. The van der Waals surface area contributed by atoms with Gasteiger partial charge in [-0.1, -0.05) is 13.3 Å². The topological polar surface area (TPSA) is 87.1 Å². The van der Waals surface area contributed by atoms with E-state index in [2.05, 4.69) is 0 Å². The number of halogens is 1. The molecule has 18 heavy (non-hydrogen) atoms. The number of carbonyl (C=O) groups excluding carboxylic acids is 1. The monoisotopic (exact) mass is 263 g/mol. The minimum Gasteiger partial charge on any atom is -0.480 e. The maximum absolute atomic E-state index is 13.9. The molecule has 0 radical (unpaired) electrons. The number of likely N-dealkylation sites (tertiary alicyclic amines) is 1. The SMILES string of the molecule is CCCCOC(=O)N1CC(F)(CO)CC1C(=O)O. The fourth-order valence-corrected chi connectivity index (χ4v) is 1.85. The van der Waals surface area contributed by atoms with Gasteiger partial charge in [-0.05, 0) is 6.42 Å². The Bertz CT molecular complexity index is 325. The summed E-state index contributed by atoms with van der Waals surface area (Å²) in [5.41, 5.74) is -2.06. The number of ether oxygens (including phenoxy) is 1. The normalized spacial score (nSPS) is 27.3. The predicted octanol–water partition coefficient (Wildman–Crippen LogP) is 0.783. The Hall–Kier alpha value is -1.37. The molecule has 0 aromatic rings. The van der Waals surface area contributed by atoms with Crippen molar-refractivity contribution >= 4 is 12.1 Å². The van der Waals surface area contributed by atoms with E-state index < -0.39 is 43.3 Å². The highest BCUT2D eigenvalue weighted by Gasteiger charge is 2.50. The molecule has 0 bridgehead atoms. The molecule has 0 aromatic heterocycles. The molecule has 2 N–H and O–H groups in total. The number of rotatable bonds is 5. The summed E-state index contributed by atoms with van der Waals surface area (Å²) >= 11 is 0. The lowest BCUT2D eigenvalue weighted by Crippen LogP contribution is -2.41. The highest BCUT2D eigenvalue weighted by atomic mass is 19.1. The number of aliphatic hydroxyl groups excluding tert-OH is 1. The molecule has 7 heteroatoms. The van der Waals surface area contributed by atoms with Crippen molar-refractivity contribution in [3.05, 3.63) is 0 Å². The lowest BCUT2D eigenvalue weighted by atomic mass is 10.0. The van der Waals surface area contributed by atoms with Crippen LogP contribution in [0.2, 0.25) is 0 Å². The van der Waals surface area contributed by atoms with Gasteiger partial charge >= 0.3 is 12.1 Å². The molecule has 1 aliphatic rings. The van der Waals surface area contributed by atoms with Crippen LogP contribution in [0.4, 0.5) is 9.18 Å². The first-order chi connectivity index (χ1) is 8.43. The van der Waals surface area contributed by atoms with Crippen LogP contribution in [0.15, 0.2) is 0 Å². The molecule has 0 spiro atoms. The van der Waals surface area contributed by atoms with Crippen molar-refractivity contribution in [2.75, 3.05) is 19.8 Å². The molecule has 0 aliphatic carbocycles. The Labute approximate surface area is 104 Å². The van der Waals surface area contributed by atoms with Gasteiger partial charge in [0.1, 0.15) is 6.04 Å². The molecular formula is C11H18FNO5. The fraction of sp³-hybridized carbons (Fsp3) is 0.818. The molecular weight excluding hydrogens is 245 g/mol. The van der Waals surface area contributed by atoms with E-state index >= 15 is 0 Å². The molecule has 2 unspecified atom stereocenters. The maximum Gasteiger partial charge on any atom is 0.410 e. The second kappa shape index (κ2) is 5.99. The number of alkyl halides is 1. The number of aliphatic hydroxyl groups is 1. The number of carbonyl (C=O) groups is 2. The Morgan fingerprint density at radius 1 is 1.56 bits per heavy atom. The molecule has 1 fully saturated rings. The van der Waals surface area contributed by atoms with E-state index in [0.29, 0.717) is 6.42 Å². The molecule has 0 aromatic carbocycles. The van der Waals surface area contributed by atoms with Crippen LogP contribution in [-0.4, -0.2) is 58.6 Å². The molecule has 1 aliphatic heterocycles. The van der Waals surface area contributed by atoms with Gasteiger partial charge < -0.3 is 14.9 Å². The van der Waals surface area contributed by atoms with Crippen molar-refractivity contribution in [3.63, 3.8) is 0 Å². The van der Waals surface area contributed by atoms with E-state index in [0.717, 1.165) is 11.3 Å². The minimum absolute atomic E-state index is 0.177. The Morgan fingerprint density at radius 2 is 2.22 bits per heavy atom. The number of carboxylic acids is 1. The van der Waals surface area contributed by atoms with Gasteiger partial charge in [-0.3, -0.25) is 4.90 Å². The van der Waals surface area contributed by atoms with Crippen LogP contribution in [0.25, 0.3) is 0 Å². The van der Waals surface area contributed by atoms with Crippen LogP contribution in [0.5, 0.6) is 0 Å². The van der Waals surface area contributed by atoms with Gasteiger partial charge in [0, 0.05) is 6.42 Å². The van der Waals surface area contributed by atoms with Crippen LogP contribution in [0.1, 0.15) is 26.2 Å². The van der Waals surface area contributed by atoms with Crippen LogP contribution in [-0.2, 0) is 9.53 Å². The van der Waals surface area contributed by atoms with Crippen molar-refractivity contribution in [1.82, 2.24) is 4.90 Å². The number of hydrogen-bond donors (Lipinski definition) is 2. The van der Waals surface area contributed by atoms with Gasteiger partial charge in [-0.15, -0.1) is 0 Å². The number of amides is 1. The highest BCUT2D eigenvalue weighted by Crippen LogP contribution is 2.31. The summed E-state index contributed by atoms with van der Waals surface area (Å²) in [5.74, 6) is -1.30. The van der Waals surface area contributed by atoms with E-state index in [1.807, 2.05) is 6.92 Å². The van der Waals surface area contributed by atoms with E-state index in [4.69, 9.17) is 14.9 Å². The van der Waals surface area contributed by atoms with Gasteiger partial charge in [0.2, 0.25) is 0 Å². The molecule has 104 valence electrons. The van der Waals surface area contributed by atoms with E-state index in [1.165, 1.54) is 0 Å². The summed E-state index contributed by atoms with van der Waals surface area (Å²) in [6, 6.07) is -1.28. The molecule has 1 saturated heterocycles. The quantitative estimate of drug-likeness (QED) is 0.716. The lowest BCUT2D eigenvalue weighted by molar-refractivity contribution is -0.141. The van der Waals surface area contributed by atoms with Crippen LogP contribution < -0.4 is 0 Å². The number of carboxylic acid groups (broad SMARTS) is 1. The van der Waals surface area contributed by atoms with Crippen molar-refractivity contribution < 1.29 is 28.9 Å². The zero-order valence-corrected chi connectivity index (χ0v) is 10.3. The molecule has 0 saturated carbocycles. The summed E-state index contributed by atoms with van der Waals surface area (Å²) < 4.78 is 18.7. The highest BCUT2D eigenvalue weighted by molar-refractivity contribution is 5.81. The predicted molar refractivity (Wildman–Crippen MR) is 59.9 cm³/mol. The van der Waals surface area contributed by atoms with Gasteiger partial charge in [0.25, 0.3) is 0 Å². The van der Waals surface area contributed by atoms with Crippen molar-refractivity contribution in [3.8, 4) is 0 Å². The second-order valence-corrected chi connectivity index (χ2v) is 4.46. The summed E-state index contributed by atoms with van der Waals surface area (Å²) in [6.45, 7) is 0.833. The van der Waals surface area contributed by atoms with Gasteiger partial charge in [-0.25, -0.2) is 14.0 Å². The summed E-state index contributed by atoms with van der Waals surface area (Å²) in [6.07, 6.45) is 0.239. The average molecular weight is 263 g/mol. The molecule has 1 amide bonds. The van der Waals surface area contributed by atoms with E-state index in [9.17, 15) is 14.0 Å². The molecule has 1 heterocycles. The molecule has 6 nitrogen and oxygen atoms in total. The zero-order valence-electron chi connectivity index (χ0n) is 10.3. The number of unbranched alkanes of at least 4 members (excludes halogenated alkanes) is 1. The first-order valence-electron chi connectivity index (χ1n) is 5.89. The third-order valence-electron chi connectivity index (χ3n) is 2.92. The summed E-state index contributed by atoms with van der Waals surface area (Å²) in [7, 11) is 0. The molecule has 2 atom stereocenters. The summed E-state index contributed by atoms with van der Waals surface area (Å²) in [4.78, 5) is 23.4. The van der Waals surface area contributed by atoms with Crippen molar-refractivity contribution in [2.45, 2.75) is 37.9 Å². The first-order valence-corrected chi connectivity index (χ1v) is 5.89. The van der Waals surface area contributed by atoms with Gasteiger partial charge in [0.05, 0.1) is 19.8 Å². The van der Waals surface area contributed by atoms with E-state index in [1.54, 1.807) is 0 Å². The Morgan fingerprint density at radius 3 is 2.72 bits per heavy atom. The van der Waals surface area contributed by atoms with Gasteiger partial charge in [0.15, 0.2) is 5.67 Å². The second-order valence-electron chi connectivity index (χ2n) is 4.46. The standard InChI is InChI=1S/C11H18FNO5/c1-2-3-4-18-10(17)13-6-11(12,7-14)5-8(13)9(15)16/h8,14H,2-7H2,1H3,(H,15,16). The molecule has 1 rings (SSSR count). The zero-order chi connectivity index (χ0) is 13.8. The maximum atomic E-state index is 13.9. The smallest absolute Gasteiger partial charge is 0.410 e. The van der Waals surface area contributed by atoms with E-state index in [-0.39, 0.29) is 6.61 Å². The van der Waals surface area contributed by atoms with Crippen LogP contribution in [0.3, 0.4) is 0 Å². The largest absolute Gasteiger partial charge is 0.480 e. The average Bonchev–Trinajstić information content (AvgIpc) is 2.69. The van der Waals surface area contributed by atoms with Crippen LogP contribution in [0, 0.1) is 0 Å².